The lowest BCUT2D eigenvalue weighted by molar-refractivity contribution is 0.141. The van der Waals surface area contributed by atoms with Crippen LogP contribution in [0, 0.1) is 0 Å². The average molecular weight is 365 g/mol. The van der Waals surface area contributed by atoms with Crippen LogP contribution in [0.1, 0.15) is 45.2 Å². The van der Waals surface area contributed by atoms with E-state index in [0.717, 1.165) is 34.8 Å². The van der Waals surface area contributed by atoms with Gasteiger partial charge in [-0.1, -0.05) is 38.1 Å². The second kappa shape index (κ2) is 6.31. The monoisotopic (exact) mass is 365 g/mol. The molecular weight excluding hydrogens is 338 g/mol. The van der Waals surface area contributed by atoms with Crippen molar-refractivity contribution >= 4 is 5.57 Å². The van der Waals surface area contributed by atoms with Crippen LogP contribution in [0.3, 0.4) is 0 Å². The van der Waals surface area contributed by atoms with E-state index in [0.29, 0.717) is 6.54 Å². The predicted molar refractivity (Wildman–Crippen MR) is 107 cm³/mol. The number of hydrogen-bond acceptors (Lipinski definition) is 4. The van der Waals surface area contributed by atoms with E-state index in [4.69, 9.17) is 19.9 Å². The molecule has 0 fully saturated rings. The Bertz CT molecular complexity index is 916. The summed E-state index contributed by atoms with van der Waals surface area (Å²) in [5.74, 6) is 2.52. The van der Waals surface area contributed by atoms with Gasteiger partial charge in [-0.25, -0.2) is 0 Å². The maximum absolute atomic E-state index is 6.32. The summed E-state index contributed by atoms with van der Waals surface area (Å²) < 4.78 is 17.5. The predicted octanol–water partition coefficient (Wildman–Crippen LogP) is 4.67. The van der Waals surface area contributed by atoms with Gasteiger partial charge >= 0.3 is 0 Å². The van der Waals surface area contributed by atoms with E-state index in [9.17, 15) is 0 Å². The van der Waals surface area contributed by atoms with Crippen LogP contribution in [0.2, 0.25) is 0 Å². The van der Waals surface area contributed by atoms with E-state index in [1.165, 1.54) is 11.1 Å². The third kappa shape index (κ3) is 2.71. The molecule has 0 aromatic heterocycles. The third-order valence-electron chi connectivity index (χ3n) is 6.02. The Morgan fingerprint density at radius 2 is 1.78 bits per heavy atom. The molecule has 0 bridgehead atoms. The zero-order valence-corrected chi connectivity index (χ0v) is 16.5. The van der Waals surface area contributed by atoms with Crippen molar-refractivity contribution in [1.29, 1.82) is 0 Å². The molecule has 0 aliphatic carbocycles. The summed E-state index contributed by atoms with van der Waals surface area (Å²) in [5, 5.41) is 0. The molecule has 0 saturated heterocycles. The second-order valence-corrected chi connectivity index (χ2v) is 7.92. The van der Waals surface area contributed by atoms with Crippen molar-refractivity contribution in [3.63, 3.8) is 0 Å². The molecule has 142 valence electrons. The fourth-order valence-electron chi connectivity index (χ4n) is 4.31. The topological polar surface area (TPSA) is 53.7 Å². The van der Waals surface area contributed by atoms with Crippen molar-refractivity contribution < 1.29 is 14.2 Å². The summed E-state index contributed by atoms with van der Waals surface area (Å²) in [5.41, 5.74) is 10.3. The minimum Gasteiger partial charge on any atom is -0.483 e. The molecule has 0 spiro atoms. The Morgan fingerprint density at radius 1 is 1.04 bits per heavy atom. The number of allylic oxidation sites excluding steroid dienone is 1. The maximum atomic E-state index is 6.32. The van der Waals surface area contributed by atoms with E-state index >= 15 is 0 Å². The highest BCUT2D eigenvalue weighted by Crippen LogP contribution is 2.52. The summed E-state index contributed by atoms with van der Waals surface area (Å²) in [6.45, 7) is 9.44. The number of rotatable bonds is 4. The molecule has 2 heterocycles. The summed E-state index contributed by atoms with van der Waals surface area (Å²) >= 11 is 0. The summed E-state index contributed by atoms with van der Waals surface area (Å²) in [6, 6.07) is 14.5. The standard InChI is InChI=1S/C23H27NO3/c1-5-23(4,15-10-11-19-20(12-15)26-14-25-19)21-16-8-6-7-9-18(16)27-22(2,3)17(21)13-24/h6-12H,5,13-14,24H2,1-4H3. The number of benzene rings is 2. The number of ether oxygens (including phenoxy) is 3. The Labute approximate surface area is 160 Å². The first kappa shape index (κ1) is 17.9. The lowest BCUT2D eigenvalue weighted by Crippen LogP contribution is -2.41. The van der Waals surface area contributed by atoms with Gasteiger partial charge in [-0.05, 0) is 55.2 Å². The highest BCUT2D eigenvalue weighted by atomic mass is 16.7. The van der Waals surface area contributed by atoms with Gasteiger partial charge in [-0.15, -0.1) is 0 Å². The molecule has 0 radical (unpaired) electrons. The summed E-state index contributed by atoms with van der Waals surface area (Å²) in [4.78, 5) is 0. The van der Waals surface area contributed by atoms with Gasteiger partial charge in [0.25, 0.3) is 0 Å². The van der Waals surface area contributed by atoms with Gasteiger partial charge in [0.1, 0.15) is 11.4 Å². The number of fused-ring (bicyclic) bond motifs is 2. The van der Waals surface area contributed by atoms with Crippen molar-refractivity contribution in [3.8, 4) is 17.2 Å². The van der Waals surface area contributed by atoms with Gasteiger partial charge in [0.2, 0.25) is 6.79 Å². The molecule has 1 unspecified atom stereocenters. The van der Waals surface area contributed by atoms with Gasteiger partial charge < -0.3 is 19.9 Å². The third-order valence-corrected chi connectivity index (χ3v) is 6.02. The lowest BCUT2D eigenvalue weighted by atomic mass is 9.66. The van der Waals surface area contributed by atoms with E-state index in [2.05, 4.69) is 52.0 Å². The van der Waals surface area contributed by atoms with Crippen molar-refractivity contribution in [2.45, 2.75) is 45.1 Å². The summed E-state index contributed by atoms with van der Waals surface area (Å²) in [7, 11) is 0. The van der Waals surface area contributed by atoms with E-state index < -0.39 is 5.60 Å². The molecule has 4 rings (SSSR count). The molecular formula is C23H27NO3. The van der Waals surface area contributed by atoms with E-state index in [1.54, 1.807) is 0 Å². The fraction of sp³-hybridized carbons (Fsp3) is 0.391. The smallest absolute Gasteiger partial charge is 0.231 e. The van der Waals surface area contributed by atoms with Crippen LogP contribution in [-0.2, 0) is 5.41 Å². The molecule has 2 aromatic carbocycles. The Balaban J connectivity index is 1.97. The zero-order valence-electron chi connectivity index (χ0n) is 16.5. The van der Waals surface area contributed by atoms with E-state index in [-0.39, 0.29) is 12.2 Å². The van der Waals surface area contributed by atoms with Gasteiger partial charge in [-0.2, -0.15) is 0 Å². The van der Waals surface area contributed by atoms with Crippen molar-refractivity contribution in [1.82, 2.24) is 0 Å². The largest absolute Gasteiger partial charge is 0.483 e. The quantitative estimate of drug-likeness (QED) is 0.856. The Morgan fingerprint density at radius 3 is 2.52 bits per heavy atom. The van der Waals surface area contributed by atoms with Gasteiger partial charge in [0.15, 0.2) is 11.5 Å². The molecule has 0 amide bonds. The first-order chi connectivity index (χ1) is 12.9. The second-order valence-electron chi connectivity index (χ2n) is 7.92. The SMILES string of the molecule is CCC(C)(C1=C(CN)C(C)(C)Oc2ccccc21)c1ccc2c(c1)OCO2. The molecule has 4 heteroatoms. The van der Waals surface area contributed by atoms with Crippen molar-refractivity contribution in [2.24, 2.45) is 5.73 Å². The zero-order chi connectivity index (χ0) is 19.2. The van der Waals surface area contributed by atoms with Gasteiger partial charge in [0.05, 0.1) is 0 Å². The van der Waals surface area contributed by atoms with Crippen LogP contribution in [0.15, 0.2) is 48.0 Å². The Hall–Kier alpha value is -2.46. The van der Waals surface area contributed by atoms with Crippen LogP contribution in [-0.4, -0.2) is 18.9 Å². The number of hydrogen-bond donors (Lipinski definition) is 1. The number of nitrogens with two attached hydrogens (primary N) is 1. The normalized spacial score (nSPS) is 19.3. The van der Waals surface area contributed by atoms with Gasteiger partial charge in [-0.3, -0.25) is 0 Å². The van der Waals surface area contributed by atoms with Crippen LogP contribution in [0.4, 0.5) is 0 Å². The van der Waals surface area contributed by atoms with Crippen LogP contribution < -0.4 is 19.9 Å². The molecule has 2 N–H and O–H groups in total. The maximum Gasteiger partial charge on any atom is 0.231 e. The van der Waals surface area contributed by atoms with Crippen LogP contribution in [0.25, 0.3) is 5.57 Å². The average Bonchev–Trinajstić information content (AvgIpc) is 3.13. The molecule has 2 aromatic rings. The van der Waals surface area contributed by atoms with Crippen LogP contribution >= 0.6 is 0 Å². The van der Waals surface area contributed by atoms with Crippen molar-refractivity contribution in [3.05, 3.63) is 59.2 Å². The van der Waals surface area contributed by atoms with Crippen LogP contribution in [0.5, 0.6) is 17.2 Å². The number of para-hydroxylation sites is 1. The first-order valence-corrected chi connectivity index (χ1v) is 9.53. The molecule has 2 aliphatic rings. The van der Waals surface area contributed by atoms with Gasteiger partial charge in [0, 0.05) is 17.5 Å². The molecule has 27 heavy (non-hydrogen) atoms. The van der Waals surface area contributed by atoms with Crippen molar-refractivity contribution in [2.75, 3.05) is 13.3 Å². The molecule has 0 saturated carbocycles. The Kier molecular flexibility index (Phi) is 4.19. The highest BCUT2D eigenvalue weighted by Gasteiger charge is 2.42. The van der Waals surface area contributed by atoms with E-state index in [1.807, 2.05) is 18.2 Å². The first-order valence-electron chi connectivity index (χ1n) is 9.53. The minimum absolute atomic E-state index is 0.229. The molecule has 1 atom stereocenters. The lowest BCUT2D eigenvalue weighted by Gasteiger charge is -2.43. The highest BCUT2D eigenvalue weighted by molar-refractivity contribution is 5.84. The minimum atomic E-state index is -0.453. The molecule has 2 aliphatic heterocycles. The molecule has 4 nitrogen and oxygen atoms in total. The summed E-state index contributed by atoms with van der Waals surface area (Å²) in [6.07, 6.45) is 0.926. The fourth-order valence-corrected chi connectivity index (χ4v) is 4.31.